The van der Waals surface area contributed by atoms with Crippen molar-refractivity contribution < 1.29 is 5.11 Å². The van der Waals surface area contributed by atoms with Crippen LogP contribution in [-0.4, -0.2) is 11.7 Å². The summed E-state index contributed by atoms with van der Waals surface area (Å²) in [4.78, 5) is 0. The molecule has 0 radical (unpaired) electrons. The molecule has 2 nitrogen and oxygen atoms in total. The Labute approximate surface area is 108 Å². The van der Waals surface area contributed by atoms with E-state index in [9.17, 15) is 0 Å². The van der Waals surface area contributed by atoms with E-state index >= 15 is 0 Å². The van der Waals surface area contributed by atoms with E-state index in [1.165, 1.54) is 11.1 Å². The van der Waals surface area contributed by atoms with Crippen LogP contribution in [0.4, 0.5) is 0 Å². The molecule has 94 valence electrons. The number of benzene rings is 2. The zero-order chi connectivity index (χ0) is 12.8. The third-order valence-electron chi connectivity index (χ3n) is 3.17. The largest absolute Gasteiger partial charge is 0.396 e. The molecule has 0 saturated heterocycles. The maximum absolute atomic E-state index is 9.06. The molecule has 0 unspecified atom stereocenters. The van der Waals surface area contributed by atoms with Crippen LogP contribution in [0.3, 0.4) is 0 Å². The highest BCUT2D eigenvalue weighted by Gasteiger charge is 2.09. The van der Waals surface area contributed by atoms with E-state index in [1.54, 1.807) is 0 Å². The first-order valence-corrected chi connectivity index (χ1v) is 6.29. The highest BCUT2D eigenvalue weighted by atomic mass is 16.2. The van der Waals surface area contributed by atoms with E-state index in [-0.39, 0.29) is 12.6 Å². The average Bonchev–Trinajstić information content (AvgIpc) is 2.42. The van der Waals surface area contributed by atoms with Crippen molar-refractivity contribution in [3.8, 4) is 0 Å². The van der Waals surface area contributed by atoms with Crippen LogP contribution in [0.2, 0.25) is 0 Å². The van der Waals surface area contributed by atoms with Crippen molar-refractivity contribution in [3.63, 3.8) is 0 Å². The van der Waals surface area contributed by atoms with Gasteiger partial charge in [0.15, 0.2) is 0 Å². The van der Waals surface area contributed by atoms with Gasteiger partial charge in [-0.25, -0.2) is 0 Å². The van der Waals surface area contributed by atoms with Gasteiger partial charge in [-0.3, -0.25) is 0 Å². The standard InChI is InChI=1S/C16H19NO/c17-16(14-7-2-1-3-8-14)12-15-9-5-4-6-13(15)10-11-18/h1-9,16,18H,10-12,17H2/t16-/m1/s1. The van der Waals surface area contributed by atoms with Gasteiger partial charge in [-0.15, -0.1) is 0 Å². The fraction of sp³-hybridized carbons (Fsp3) is 0.250. The number of hydrogen-bond donors (Lipinski definition) is 2. The van der Waals surface area contributed by atoms with E-state index in [1.807, 2.05) is 30.3 Å². The minimum atomic E-state index is 0.00560. The second-order valence-corrected chi connectivity index (χ2v) is 4.46. The quantitative estimate of drug-likeness (QED) is 0.844. The summed E-state index contributed by atoms with van der Waals surface area (Å²) in [7, 11) is 0. The van der Waals surface area contributed by atoms with Crippen LogP contribution in [0.15, 0.2) is 54.6 Å². The molecular weight excluding hydrogens is 222 g/mol. The maximum Gasteiger partial charge on any atom is 0.0471 e. The van der Waals surface area contributed by atoms with Crippen molar-refractivity contribution in [3.05, 3.63) is 71.3 Å². The zero-order valence-electron chi connectivity index (χ0n) is 10.4. The summed E-state index contributed by atoms with van der Waals surface area (Å²) in [5.41, 5.74) is 9.79. The molecule has 0 aliphatic rings. The predicted molar refractivity (Wildman–Crippen MR) is 74.3 cm³/mol. The van der Waals surface area contributed by atoms with Crippen molar-refractivity contribution in [1.29, 1.82) is 0 Å². The van der Waals surface area contributed by atoms with E-state index in [4.69, 9.17) is 10.8 Å². The second-order valence-electron chi connectivity index (χ2n) is 4.46. The first kappa shape index (κ1) is 12.8. The van der Waals surface area contributed by atoms with Crippen LogP contribution in [-0.2, 0) is 12.8 Å². The van der Waals surface area contributed by atoms with Crippen LogP contribution in [0.5, 0.6) is 0 Å². The highest BCUT2D eigenvalue weighted by molar-refractivity contribution is 5.30. The van der Waals surface area contributed by atoms with E-state index < -0.39 is 0 Å². The van der Waals surface area contributed by atoms with Crippen LogP contribution in [0, 0.1) is 0 Å². The van der Waals surface area contributed by atoms with Crippen LogP contribution in [0.25, 0.3) is 0 Å². The summed E-state index contributed by atoms with van der Waals surface area (Å²) < 4.78 is 0. The molecular formula is C16H19NO. The first-order chi connectivity index (χ1) is 8.81. The number of hydrogen-bond acceptors (Lipinski definition) is 2. The molecule has 2 aromatic carbocycles. The number of nitrogens with two attached hydrogens (primary N) is 1. The molecule has 3 N–H and O–H groups in total. The topological polar surface area (TPSA) is 46.2 Å². The Bertz CT molecular complexity index is 481. The number of aliphatic hydroxyl groups is 1. The molecule has 0 heterocycles. The van der Waals surface area contributed by atoms with Gasteiger partial charge in [-0.1, -0.05) is 54.6 Å². The molecule has 1 atom stereocenters. The highest BCUT2D eigenvalue weighted by Crippen LogP contribution is 2.18. The van der Waals surface area contributed by atoms with Crippen LogP contribution >= 0.6 is 0 Å². The fourth-order valence-electron chi connectivity index (χ4n) is 2.18. The SMILES string of the molecule is N[C@H](Cc1ccccc1CCO)c1ccccc1. The lowest BCUT2D eigenvalue weighted by molar-refractivity contribution is 0.299. The minimum Gasteiger partial charge on any atom is -0.396 e. The summed E-state index contributed by atoms with van der Waals surface area (Å²) >= 11 is 0. The smallest absolute Gasteiger partial charge is 0.0471 e. The van der Waals surface area contributed by atoms with E-state index in [2.05, 4.69) is 24.3 Å². The molecule has 0 saturated carbocycles. The molecule has 0 fully saturated rings. The summed E-state index contributed by atoms with van der Waals surface area (Å²) in [6, 6.07) is 18.3. The Balaban J connectivity index is 2.14. The maximum atomic E-state index is 9.06. The van der Waals surface area contributed by atoms with Gasteiger partial charge in [0.25, 0.3) is 0 Å². The average molecular weight is 241 g/mol. The Morgan fingerprint density at radius 2 is 1.50 bits per heavy atom. The molecule has 0 spiro atoms. The zero-order valence-corrected chi connectivity index (χ0v) is 10.4. The summed E-state index contributed by atoms with van der Waals surface area (Å²) in [5, 5.41) is 9.06. The first-order valence-electron chi connectivity index (χ1n) is 6.29. The molecule has 0 amide bonds. The monoisotopic (exact) mass is 241 g/mol. The molecule has 0 aromatic heterocycles. The molecule has 2 aromatic rings. The molecule has 2 rings (SSSR count). The number of aliphatic hydroxyl groups excluding tert-OH is 1. The molecule has 2 heteroatoms. The normalized spacial score (nSPS) is 12.3. The predicted octanol–water partition coefficient (Wildman–Crippen LogP) is 2.46. The van der Waals surface area contributed by atoms with Gasteiger partial charge in [0.1, 0.15) is 0 Å². The van der Waals surface area contributed by atoms with Gasteiger partial charge in [-0.05, 0) is 29.5 Å². The van der Waals surface area contributed by atoms with Gasteiger partial charge in [0, 0.05) is 12.6 Å². The Hall–Kier alpha value is -1.64. The molecule has 0 aliphatic carbocycles. The number of rotatable bonds is 5. The Morgan fingerprint density at radius 3 is 2.17 bits per heavy atom. The van der Waals surface area contributed by atoms with Gasteiger partial charge in [0.2, 0.25) is 0 Å². The van der Waals surface area contributed by atoms with Crippen molar-refractivity contribution in [1.82, 2.24) is 0 Å². The van der Waals surface area contributed by atoms with Crippen molar-refractivity contribution in [2.45, 2.75) is 18.9 Å². The minimum absolute atomic E-state index is 0.00560. The summed E-state index contributed by atoms with van der Waals surface area (Å²) in [5.74, 6) is 0. The van der Waals surface area contributed by atoms with Crippen LogP contribution < -0.4 is 5.73 Å². The van der Waals surface area contributed by atoms with Crippen LogP contribution in [0.1, 0.15) is 22.7 Å². The second kappa shape index (κ2) is 6.34. The Kier molecular flexibility index (Phi) is 4.51. The van der Waals surface area contributed by atoms with Crippen molar-refractivity contribution in [2.24, 2.45) is 5.73 Å². The Morgan fingerprint density at radius 1 is 0.889 bits per heavy atom. The van der Waals surface area contributed by atoms with E-state index in [0.29, 0.717) is 6.42 Å². The lowest BCUT2D eigenvalue weighted by Crippen LogP contribution is -2.14. The van der Waals surface area contributed by atoms with Gasteiger partial charge in [-0.2, -0.15) is 0 Å². The third kappa shape index (κ3) is 3.19. The molecule has 0 aliphatic heterocycles. The van der Waals surface area contributed by atoms with Crippen molar-refractivity contribution >= 4 is 0 Å². The lowest BCUT2D eigenvalue weighted by atomic mass is 9.95. The summed E-state index contributed by atoms with van der Waals surface area (Å²) in [6.07, 6.45) is 1.50. The summed E-state index contributed by atoms with van der Waals surface area (Å²) in [6.45, 7) is 0.178. The fourth-order valence-corrected chi connectivity index (χ4v) is 2.18. The van der Waals surface area contributed by atoms with E-state index in [0.717, 1.165) is 12.0 Å². The molecule has 18 heavy (non-hydrogen) atoms. The lowest BCUT2D eigenvalue weighted by Gasteiger charge is -2.15. The molecule has 0 bridgehead atoms. The van der Waals surface area contributed by atoms with Gasteiger partial charge in [0.05, 0.1) is 0 Å². The van der Waals surface area contributed by atoms with Crippen molar-refractivity contribution in [2.75, 3.05) is 6.61 Å². The van der Waals surface area contributed by atoms with Gasteiger partial charge >= 0.3 is 0 Å². The third-order valence-corrected chi connectivity index (χ3v) is 3.17. The van der Waals surface area contributed by atoms with Gasteiger partial charge < -0.3 is 10.8 Å².